The van der Waals surface area contributed by atoms with Crippen molar-refractivity contribution in [1.29, 1.82) is 0 Å². The normalized spacial score (nSPS) is 20.5. The number of rotatable bonds is 11. The first kappa shape index (κ1) is 22.2. The molecule has 8 nitrogen and oxygen atoms in total. The van der Waals surface area contributed by atoms with Crippen LogP contribution in [-0.4, -0.2) is 63.1 Å². The van der Waals surface area contributed by atoms with E-state index in [0.29, 0.717) is 61.5 Å². The first-order valence-corrected chi connectivity index (χ1v) is 12.9. The van der Waals surface area contributed by atoms with Crippen molar-refractivity contribution in [1.82, 2.24) is 10.2 Å². The summed E-state index contributed by atoms with van der Waals surface area (Å²) in [5, 5.41) is 2.71. The van der Waals surface area contributed by atoms with E-state index in [4.69, 9.17) is 21.1 Å². The number of imide groups is 1. The van der Waals surface area contributed by atoms with Crippen molar-refractivity contribution in [2.45, 2.75) is 38.0 Å². The van der Waals surface area contributed by atoms with Gasteiger partial charge in [0.25, 0.3) is 0 Å². The monoisotopic (exact) mass is 470 g/mol. The van der Waals surface area contributed by atoms with E-state index in [-0.39, 0.29) is 35.9 Å². The van der Waals surface area contributed by atoms with Gasteiger partial charge < -0.3 is 14.4 Å². The second-order valence-corrected chi connectivity index (χ2v) is 11.1. The molecule has 10 heteroatoms. The van der Waals surface area contributed by atoms with Crippen LogP contribution in [0.2, 0.25) is 5.02 Å². The minimum atomic E-state index is -3.27. The Kier molecular flexibility index (Phi) is 6.62. The molecular weight excluding hydrogens is 444 g/mol. The van der Waals surface area contributed by atoms with Gasteiger partial charge in [0.15, 0.2) is 21.3 Å². The van der Waals surface area contributed by atoms with E-state index in [0.717, 1.165) is 18.4 Å². The largest absolute Gasteiger partial charge is 0.489 e. The second-order valence-electron chi connectivity index (χ2n) is 8.51. The highest BCUT2D eigenvalue weighted by atomic mass is 35.5. The van der Waals surface area contributed by atoms with Gasteiger partial charge in [0, 0.05) is 18.0 Å². The van der Waals surface area contributed by atoms with Crippen molar-refractivity contribution in [2.24, 2.45) is 5.92 Å². The number of hydrogen-bond acceptors (Lipinski definition) is 6. The topological polar surface area (TPSA) is 102 Å². The van der Waals surface area contributed by atoms with Gasteiger partial charge in [0.05, 0.1) is 29.7 Å². The van der Waals surface area contributed by atoms with Crippen molar-refractivity contribution in [3.8, 4) is 11.5 Å². The number of unbranched alkanes of at least 4 members (excludes halogenated alkanes) is 2. The van der Waals surface area contributed by atoms with Gasteiger partial charge in [-0.2, -0.15) is 0 Å². The molecule has 1 saturated heterocycles. The van der Waals surface area contributed by atoms with Crippen LogP contribution < -0.4 is 14.8 Å². The lowest BCUT2D eigenvalue weighted by Crippen LogP contribution is -2.29. The van der Waals surface area contributed by atoms with E-state index < -0.39 is 9.84 Å². The summed E-state index contributed by atoms with van der Waals surface area (Å²) in [5.74, 6) is 1.25. The van der Waals surface area contributed by atoms with Gasteiger partial charge >= 0.3 is 6.03 Å². The third-order valence-electron chi connectivity index (χ3n) is 5.83. The third-order valence-corrected chi connectivity index (χ3v) is 7.95. The Hall–Kier alpha value is -2.00. The van der Waals surface area contributed by atoms with Gasteiger partial charge in [-0.05, 0) is 37.7 Å². The number of carbonyl (C=O) groups excluding carboxylic acids is 2. The minimum absolute atomic E-state index is 0.0206. The maximum absolute atomic E-state index is 12.7. The van der Waals surface area contributed by atoms with Crippen molar-refractivity contribution in [3.05, 3.63) is 22.7 Å². The standard InChI is InChI=1S/C21H27ClN2O6S/c22-17-7-6-16-15(12-30-19(16)20(17)29-11-14-4-5-14)13-31(27,28)9-3-1-2-8-24-10-18(25)23-21(24)26/h6-7,14-15H,1-5,8-13H2,(H,23,25,26)/t15-/m0/s1. The van der Waals surface area contributed by atoms with Gasteiger partial charge in [-0.15, -0.1) is 0 Å². The van der Waals surface area contributed by atoms with Gasteiger partial charge in [-0.1, -0.05) is 24.1 Å². The molecule has 31 heavy (non-hydrogen) atoms. The molecule has 3 aliphatic rings. The highest BCUT2D eigenvalue weighted by Crippen LogP contribution is 2.46. The van der Waals surface area contributed by atoms with Crippen LogP contribution in [0.4, 0.5) is 4.79 Å². The van der Waals surface area contributed by atoms with Crippen LogP contribution in [0.5, 0.6) is 11.5 Å². The molecule has 0 spiro atoms. The molecule has 1 saturated carbocycles. The zero-order valence-corrected chi connectivity index (χ0v) is 18.8. The number of amides is 3. The first-order chi connectivity index (χ1) is 14.8. The van der Waals surface area contributed by atoms with Crippen LogP contribution in [-0.2, 0) is 14.6 Å². The summed E-state index contributed by atoms with van der Waals surface area (Å²) in [6.45, 7) is 1.43. The van der Waals surface area contributed by atoms with E-state index in [9.17, 15) is 18.0 Å². The van der Waals surface area contributed by atoms with E-state index in [1.807, 2.05) is 6.07 Å². The number of halogens is 1. The molecule has 170 valence electrons. The number of sulfone groups is 1. The molecule has 3 amide bonds. The summed E-state index contributed by atoms with van der Waals surface area (Å²) >= 11 is 6.28. The molecule has 2 fully saturated rings. The number of urea groups is 1. The van der Waals surface area contributed by atoms with Crippen LogP contribution in [0.25, 0.3) is 0 Å². The van der Waals surface area contributed by atoms with E-state index in [2.05, 4.69) is 5.32 Å². The van der Waals surface area contributed by atoms with Crippen LogP contribution in [0.15, 0.2) is 12.1 Å². The fraction of sp³-hybridized carbons (Fsp3) is 0.619. The van der Waals surface area contributed by atoms with Crippen molar-refractivity contribution >= 4 is 33.4 Å². The highest BCUT2D eigenvalue weighted by Gasteiger charge is 2.33. The summed E-state index contributed by atoms with van der Waals surface area (Å²) in [5.41, 5.74) is 0.837. The maximum Gasteiger partial charge on any atom is 0.324 e. The average Bonchev–Trinajstić information content (AvgIpc) is 3.37. The smallest absolute Gasteiger partial charge is 0.324 e. The quantitative estimate of drug-likeness (QED) is 0.394. The molecular formula is C21H27ClN2O6S. The number of carbonyl (C=O) groups is 2. The van der Waals surface area contributed by atoms with Crippen molar-refractivity contribution in [2.75, 3.05) is 37.8 Å². The number of nitrogens with zero attached hydrogens (tertiary/aromatic N) is 1. The third kappa shape index (κ3) is 5.63. The number of hydrogen-bond donors (Lipinski definition) is 1. The molecule has 1 atom stereocenters. The SMILES string of the molecule is O=C1CN(CCCCCS(=O)(=O)C[C@@H]2COc3c2ccc(Cl)c3OCC2CC2)C(=O)N1. The van der Waals surface area contributed by atoms with Gasteiger partial charge in [-0.25, -0.2) is 13.2 Å². The Bertz CT molecular complexity index is 963. The van der Waals surface area contributed by atoms with Gasteiger partial charge in [-0.3, -0.25) is 10.1 Å². The fourth-order valence-corrected chi connectivity index (χ4v) is 5.81. The van der Waals surface area contributed by atoms with Gasteiger partial charge in [0.2, 0.25) is 5.91 Å². The molecule has 0 bridgehead atoms. The Morgan fingerprint density at radius 1 is 1.19 bits per heavy atom. The van der Waals surface area contributed by atoms with Gasteiger partial charge in [0.1, 0.15) is 6.54 Å². The number of ether oxygens (including phenoxy) is 2. The molecule has 0 radical (unpaired) electrons. The summed E-state index contributed by atoms with van der Waals surface area (Å²) in [6.07, 6.45) is 4.17. The molecule has 1 aromatic rings. The molecule has 1 aromatic carbocycles. The maximum atomic E-state index is 12.7. The zero-order valence-electron chi connectivity index (χ0n) is 17.3. The second kappa shape index (κ2) is 9.24. The average molecular weight is 471 g/mol. The van der Waals surface area contributed by atoms with Crippen LogP contribution in [0.1, 0.15) is 43.6 Å². The van der Waals surface area contributed by atoms with Crippen molar-refractivity contribution < 1.29 is 27.5 Å². The molecule has 2 heterocycles. The fourth-order valence-electron chi connectivity index (χ4n) is 3.91. The molecule has 0 aromatic heterocycles. The summed E-state index contributed by atoms with van der Waals surface area (Å²) in [6, 6.07) is 3.20. The number of fused-ring (bicyclic) bond motifs is 1. The molecule has 4 rings (SSSR count). The van der Waals surface area contributed by atoms with E-state index in [1.54, 1.807) is 6.07 Å². The van der Waals surface area contributed by atoms with Crippen molar-refractivity contribution in [3.63, 3.8) is 0 Å². The summed E-state index contributed by atoms with van der Waals surface area (Å²) in [7, 11) is -3.27. The van der Waals surface area contributed by atoms with Crippen LogP contribution in [0, 0.1) is 5.92 Å². The van der Waals surface area contributed by atoms with Crippen LogP contribution >= 0.6 is 11.6 Å². The zero-order chi connectivity index (χ0) is 22.0. The lowest BCUT2D eigenvalue weighted by atomic mass is 10.0. The Balaban J connectivity index is 1.26. The number of benzene rings is 1. The highest BCUT2D eigenvalue weighted by molar-refractivity contribution is 7.91. The van der Waals surface area contributed by atoms with E-state index in [1.165, 1.54) is 4.90 Å². The molecule has 0 unspecified atom stereocenters. The molecule has 2 aliphatic heterocycles. The summed E-state index contributed by atoms with van der Waals surface area (Å²) in [4.78, 5) is 24.1. The Morgan fingerprint density at radius 3 is 2.71 bits per heavy atom. The Morgan fingerprint density at radius 2 is 2.00 bits per heavy atom. The van der Waals surface area contributed by atoms with E-state index >= 15 is 0 Å². The first-order valence-electron chi connectivity index (χ1n) is 10.7. The lowest BCUT2D eigenvalue weighted by molar-refractivity contribution is -0.118. The minimum Gasteiger partial charge on any atom is -0.489 e. The lowest BCUT2D eigenvalue weighted by Gasteiger charge is -2.13. The predicted molar refractivity (Wildman–Crippen MR) is 116 cm³/mol. The molecule has 1 aliphatic carbocycles. The number of nitrogens with one attached hydrogen (secondary N) is 1. The predicted octanol–water partition coefficient (Wildman–Crippen LogP) is 2.74. The molecule has 1 N–H and O–H groups in total. The Labute approximate surface area is 187 Å². The summed E-state index contributed by atoms with van der Waals surface area (Å²) < 4.78 is 37.0. The van der Waals surface area contributed by atoms with Crippen LogP contribution in [0.3, 0.4) is 0 Å².